The molecule has 8 nitrogen and oxygen atoms in total. The Morgan fingerprint density at radius 2 is 1.68 bits per heavy atom. The van der Waals surface area contributed by atoms with Gasteiger partial charge in [0, 0.05) is 20.6 Å². The summed E-state index contributed by atoms with van der Waals surface area (Å²) in [7, 11) is 0.107. The van der Waals surface area contributed by atoms with Gasteiger partial charge in [0.2, 0.25) is 0 Å². The van der Waals surface area contributed by atoms with Crippen molar-refractivity contribution in [2.75, 3.05) is 19.0 Å². The molecular formula is C37H42N2O6SSi. The molecule has 0 unspecified atom stereocenters. The van der Waals surface area contributed by atoms with Gasteiger partial charge < -0.3 is 14.2 Å². The maximum Gasteiger partial charge on any atom is 0.412 e. The number of amides is 1. The number of pyridine rings is 1. The first-order valence-corrected chi connectivity index (χ1v) is 20.2. The van der Waals surface area contributed by atoms with Crippen molar-refractivity contribution in [3.05, 3.63) is 99.5 Å². The second kappa shape index (κ2) is 13.4. The fourth-order valence-corrected chi connectivity index (χ4v) is 7.42. The number of hydrogen-bond donors (Lipinski definition) is 1. The van der Waals surface area contributed by atoms with Crippen molar-refractivity contribution < 1.29 is 23.8 Å². The Morgan fingerprint density at radius 1 is 0.957 bits per heavy atom. The van der Waals surface area contributed by atoms with E-state index in [-0.39, 0.29) is 12.3 Å². The third-order valence-corrected chi connectivity index (χ3v) is 10.6. The van der Waals surface area contributed by atoms with Crippen LogP contribution in [0.1, 0.15) is 48.0 Å². The molecule has 0 bridgehead atoms. The van der Waals surface area contributed by atoms with E-state index in [0.717, 1.165) is 33.5 Å². The van der Waals surface area contributed by atoms with Gasteiger partial charge in [0.25, 0.3) is 5.56 Å². The highest BCUT2D eigenvalue weighted by molar-refractivity contribution is 7.21. The van der Waals surface area contributed by atoms with Gasteiger partial charge in [-0.1, -0.05) is 62.1 Å². The molecule has 47 heavy (non-hydrogen) atoms. The molecule has 2 aromatic heterocycles. The van der Waals surface area contributed by atoms with E-state index in [0.29, 0.717) is 33.1 Å². The number of rotatable bonds is 9. The van der Waals surface area contributed by atoms with Crippen molar-refractivity contribution in [2.24, 2.45) is 0 Å². The lowest BCUT2D eigenvalue weighted by molar-refractivity contribution is 0.0517. The number of ether oxygens (including phenoxy) is 3. The first kappa shape index (κ1) is 33.9. The third kappa shape index (κ3) is 7.77. The lowest BCUT2D eigenvalue weighted by Gasteiger charge is -2.21. The fourth-order valence-electron chi connectivity index (χ4n) is 5.44. The highest BCUT2D eigenvalue weighted by atomic mass is 32.1. The predicted molar refractivity (Wildman–Crippen MR) is 193 cm³/mol. The molecule has 0 fully saturated rings. The molecule has 0 aliphatic rings. The summed E-state index contributed by atoms with van der Waals surface area (Å²) in [5.41, 5.74) is 2.58. The third-order valence-electron chi connectivity index (χ3n) is 7.72. The summed E-state index contributed by atoms with van der Waals surface area (Å²) in [4.78, 5) is 42.3. The van der Waals surface area contributed by atoms with Crippen LogP contribution < -0.4 is 15.6 Å². The Hall–Kier alpha value is -4.41. The van der Waals surface area contributed by atoms with E-state index in [2.05, 4.69) is 25.0 Å². The minimum absolute atomic E-state index is 0.124. The zero-order chi connectivity index (χ0) is 34.1. The largest absolute Gasteiger partial charge is 0.496 e. The zero-order valence-electron chi connectivity index (χ0n) is 28.3. The first-order valence-electron chi connectivity index (χ1n) is 15.7. The Labute approximate surface area is 280 Å². The highest BCUT2D eigenvalue weighted by Crippen LogP contribution is 2.40. The van der Waals surface area contributed by atoms with Crippen molar-refractivity contribution in [1.29, 1.82) is 0 Å². The standard InChI is InChI=1S/C37H42N2O6SSi/c1-23-20-26(16-17-29(23)43-5)33-32(35(41)44-18-19-47(6,7)8)39-30(40)22-27(21-25-14-11-13-24-12-9-10-15-28(24)25)31(34(39)46-33)38-36(42)45-37(2,3)4/h9-17,20,22H,18-19,21H2,1-8H3,(H,38,42). The van der Waals surface area contributed by atoms with Crippen LogP contribution in [0.5, 0.6) is 5.75 Å². The van der Waals surface area contributed by atoms with E-state index in [1.54, 1.807) is 27.9 Å². The SMILES string of the molecule is COc1ccc(-c2sc3c(NC(=O)OC(C)(C)C)c(Cc4cccc5ccccc45)cc(=O)n3c2C(=O)OCC[Si](C)(C)C)cc1C. The van der Waals surface area contributed by atoms with Crippen molar-refractivity contribution in [2.45, 2.75) is 65.4 Å². The number of carbonyl (C=O) groups excluding carboxylic acids is 2. The number of nitrogens with one attached hydrogen (secondary N) is 1. The number of methoxy groups -OCH3 is 1. The molecule has 0 radical (unpaired) electrons. The van der Waals surface area contributed by atoms with Gasteiger partial charge in [-0.2, -0.15) is 0 Å². The Bertz CT molecular complexity index is 2030. The maximum atomic E-state index is 14.1. The van der Waals surface area contributed by atoms with Crippen LogP contribution >= 0.6 is 11.3 Å². The van der Waals surface area contributed by atoms with Crippen LogP contribution in [-0.2, 0) is 15.9 Å². The molecule has 3 aromatic carbocycles. The second-order valence-electron chi connectivity index (χ2n) is 13.9. The van der Waals surface area contributed by atoms with Crippen LogP contribution in [0.15, 0.2) is 71.5 Å². The molecule has 0 aliphatic heterocycles. The van der Waals surface area contributed by atoms with Gasteiger partial charge in [-0.05, 0) is 85.0 Å². The lowest BCUT2D eigenvalue weighted by Crippen LogP contribution is -2.28. The maximum absolute atomic E-state index is 14.1. The van der Waals surface area contributed by atoms with Crippen molar-refractivity contribution >= 4 is 52.8 Å². The molecule has 0 atom stereocenters. The predicted octanol–water partition coefficient (Wildman–Crippen LogP) is 8.93. The molecule has 1 N–H and O–H groups in total. The number of nitrogens with zero attached hydrogens (tertiary/aromatic N) is 1. The lowest BCUT2D eigenvalue weighted by atomic mass is 9.98. The highest BCUT2D eigenvalue weighted by Gasteiger charge is 2.28. The molecule has 0 aliphatic carbocycles. The average molecular weight is 671 g/mol. The van der Waals surface area contributed by atoms with Crippen molar-refractivity contribution in [3.63, 3.8) is 0 Å². The van der Waals surface area contributed by atoms with E-state index in [9.17, 15) is 14.4 Å². The van der Waals surface area contributed by atoms with Gasteiger partial charge in [0.1, 0.15) is 16.2 Å². The van der Waals surface area contributed by atoms with E-state index < -0.39 is 31.3 Å². The molecule has 5 rings (SSSR count). The molecule has 246 valence electrons. The quantitative estimate of drug-likeness (QED) is 0.124. The van der Waals surface area contributed by atoms with Crippen LogP contribution in [-0.4, -0.2) is 43.9 Å². The van der Waals surface area contributed by atoms with E-state index >= 15 is 0 Å². The number of anilines is 1. The molecule has 10 heteroatoms. The van der Waals surface area contributed by atoms with Crippen LogP contribution in [0.2, 0.25) is 25.7 Å². The van der Waals surface area contributed by atoms with E-state index in [1.165, 1.54) is 21.8 Å². The number of hydrogen-bond acceptors (Lipinski definition) is 7. The topological polar surface area (TPSA) is 95.3 Å². The van der Waals surface area contributed by atoms with Gasteiger partial charge in [0.15, 0.2) is 5.69 Å². The second-order valence-corrected chi connectivity index (χ2v) is 20.5. The minimum atomic E-state index is -1.50. The van der Waals surface area contributed by atoms with Gasteiger partial charge >= 0.3 is 12.1 Å². The Kier molecular flexibility index (Phi) is 9.65. The minimum Gasteiger partial charge on any atom is -0.496 e. The number of fused-ring (bicyclic) bond motifs is 2. The van der Waals surface area contributed by atoms with Gasteiger partial charge in [-0.25, -0.2) is 9.59 Å². The van der Waals surface area contributed by atoms with Crippen LogP contribution in [0.4, 0.5) is 10.5 Å². The molecule has 0 spiro atoms. The summed E-state index contributed by atoms with van der Waals surface area (Å²) in [6, 6.07) is 22.0. The van der Waals surface area contributed by atoms with Gasteiger partial charge in [-0.3, -0.25) is 14.5 Å². The molecule has 2 heterocycles. The summed E-state index contributed by atoms with van der Waals surface area (Å²) in [5, 5.41) is 5.07. The van der Waals surface area contributed by atoms with Gasteiger partial charge in [-0.15, -0.1) is 11.3 Å². The summed E-state index contributed by atoms with van der Waals surface area (Å²) in [6.07, 6.45) is -0.296. The fraction of sp³-hybridized carbons (Fsp3) is 0.324. The molecular weight excluding hydrogens is 629 g/mol. The normalized spacial score (nSPS) is 11.9. The number of thiazole rings is 1. The van der Waals surface area contributed by atoms with Crippen molar-refractivity contribution in [3.8, 4) is 16.2 Å². The van der Waals surface area contributed by atoms with Crippen LogP contribution in [0.3, 0.4) is 0 Å². The van der Waals surface area contributed by atoms with Crippen LogP contribution in [0, 0.1) is 6.92 Å². The number of carbonyl (C=O) groups is 2. The average Bonchev–Trinajstić information content (AvgIpc) is 3.39. The van der Waals surface area contributed by atoms with Crippen LogP contribution in [0.25, 0.3) is 26.0 Å². The summed E-state index contributed by atoms with van der Waals surface area (Å²) in [5.74, 6) is 0.112. The summed E-state index contributed by atoms with van der Waals surface area (Å²) in [6.45, 7) is 14.2. The summed E-state index contributed by atoms with van der Waals surface area (Å²) >= 11 is 1.26. The smallest absolute Gasteiger partial charge is 0.412 e. The molecule has 1 amide bonds. The zero-order valence-corrected chi connectivity index (χ0v) is 30.1. The molecule has 0 saturated heterocycles. The number of esters is 1. The van der Waals surface area contributed by atoms with Crippen molar-refractivity contribution in [1.82, 2.24) is 4.40 Å². The molecule has 0 saturated carbocycles. The Morgan fingerprint density at radius 3 is 2.36 bits per heavy atom. The number of benzene rings is 3. The van der Waals surface area contributed by atoms with E-state index in [1.807, 2.05) is 67.6 Å². The first-order chi connectivity index (χ1) is 22.1. The molecule has 5 aromatic rings. The van der Waals surface area contributed by atoms with Gasteiger partial charge in [0.05, 0.1) is 24.3 Å². The Balaban J connectivity index is 1.75. The monoisotopic (exact) mass is 670 g/mol. The number of aryl methyl sites for hydroxylation is 1. The number of aromatic nitrogens is 1. The van der Waals surface area contributed by atoms with E-state index in [4.69, 9.17) is 14.2 Å². The summed E-state index contributed by atoms with van der Waals surface area (Å²) < 4.78 is 18.3.